The van der Waals surface area contributed by atoms with E-state index >= 15 is 0 Å². The second-order valence-corrected chi connectivity index (χ2v) is 6.34. The van der Waals surface area contributed by atoms with Crippen LogP contribution in [0.25, 0.3) is 0 Å². The third-order valence-corrected chi connectivity index (χ3v) is 4.60. The van der Waals surface area contributed by atoms with Crippen LogP contribution in [0.3, 0.4) is 0 Å². The van der Waals surface area contributed by atoms with E-state index in [1.807, 2.05) is 30.3 Å². The molecule has 2 aromatic rings. The molecule has 7 nitrogen and oxygen atoms in total. The number of nitro benzene ring substituents is 1. The van der Waals surface area contributed by atoms with Crippen molar-refractivity contribution < 1.29 is 23.9 Å². The Hall–Kier alpha value is -2.48. The third-order valence-electron chi connectivity index (χ3n) is 4.60. The Labute approximate surface area is 150 Å². The zero-order valence-electron chi connectivity index (χ0n) is 14.0. The smallest absolute Gasteiger partial charge is 0.269 e. The van der Waals surface area contributed by atoms with Gasteiger partial charge in [-0.05, 0) is 17.7 Å². The van der Waals surface area contributed by atoms with Crippen molar-refractivity contribution in [3.05, 3.63) is 70.3 Å². The van der Waals surface area contributed by atoms with Crippen LogP contribution >= 0.6 is 0 Å². The number of non-ortho nitro benzene ring substituents is 1. The topological polar surface area (TPSA) is 80.1 Å². The fourth-order valence-electron chi connectivity index (χ4n) is 3.27. The molecule has 0 bridgehead atoms. The number of nitrogens with zero attached hydrogens (tertiary/aromatic N) is 1. The molecule has 0 spiro atoms. The summed E-state index contributed by atoms with van der Waals surface area (Å²) in [6.45, 7) is 1.37. The van der Waals surface area contributed by atoms with Gasteiger partial charge in [-0.15, -0.1) is 0 Å². The van der Waals surface area contributed by atoms with Gasteiger partial charge in [-0.1, -0.05) is 30.3 Å². The van der Waals surface area contributed by atoms with E-state index in [0.717, 1.165) is 5.56 Å². The Kier molecular flexibility index (Phi) is 4.83. The van der Waals surface area contributed by atoms with E-state index in [-0.39, 0.29) is 30.1 Å². The van der Waals surface area contributed by atoms with E-state index < -0.39 is 4.92 Å². The van der Waals surface area contributed by atoms with Gasteiger partial charge in [0, 0.05) is 12.1 Å². The second-order valence-electron chi connectivity index (χ2n) is 6.34. The molecule has 0 radical (unpaired) electrons. The monoisotopic (exact) mass is 357 g/mol. The average Bonchev–Trinajstić information content (AvgIpc) is 3.24. The van der Waals surface area contributed by atoms with Crippen molar-refractivity contribution >= 4 is 5.69 Å². The van der Waals surface area contributed by atoms with Crippen molar-refractivity contribution in [2.24, 2.45) is 0 Å². The first-order valence-electron chi connectivity index (χ1n) is 8.50. The van der Waals surface area contributed by atoms with E-state index in [0.29, 0.717) is 25.6 Å². The lowest BCUT2D eigenvalue weighted by atomic mass is 10.1. The van der Waals surface area contributed by atoms with Crippen LogP contribution in [0.2, 0.25) is 0 Å². The van der Waals surface area contributed by atoms with Gasteiger partial charge in [0.1, 0.15) is 24.1 Å². The largest absolute Gasteiger partial charge is 0.485 e. The Balaban J connectivity index is 1.33. The molecule has 2 aromatic carbocycles. The molecular weight excluding hydrogens is 338 g/mol. The maximum Gasteiger partial charge on any atom is 0.269 e. The molecule has 0 N–H and O–H groups in total. The van der Waals surface area contributed by atoms with E-state index in [4.69, 9.17) is 18.9 Å². The summed E-state index contributed by atoms with van der Waals surface area (Å²) in [6.07, 6.45) is -0.759. The predicted octanol–water partition coefficient (Wildman–Crippen LogP) is 2.73. The molecule has 2 aliphatic rings. The number of rotatable bonds is 6. The molecule has 0 unspecified atom stereocenters. The molecule has 136 valence electrons. The van der Waals surface area contributed by atoms with Crippen molar-refractivity contribution in [1.29, 1.82) is 0 Å². The van der Waals surface area contributed by atoms with Gasteiger partial charge in [0.25, 0.3) is 5.69 Å². The van der Waals surface area contributed by atoms with E-state index in [1.54, 1.807) is 12.1 Å². The number of fused-ring (bicyclic) bond motifs is 1. The first-order valence-corrected chi connectivity index (χ1v) is 8.50. The molecule has 7 heteroatoms. The summed E-state index contributed by atoms with van der Waals surface area (Å²) in [5.74, 6) is 0.558. The first kappa shape index (κ1) is 17.0. The Bertz CT molecular complexity index is 750. The number of nitro groups is 1. The lowest BCUT2D eigenvalue weighted by Gasteiger charge is -2.18. The van der Waals surface area contributed by atoms with Crippen molar-refractivity contribution in [2.45, 2.75) is 31.0 Å². The van der Waals surface area contributed by atoms with Gasteiger partial charge in [0.05, 0.1) is 24.7 Å². The minimum atomic E-state index is -0.437. The van der Waals surface area contributed by atoms with Crippen LogP contribution in [0.15, 0.2) is 54.6 Å². The first-order chi connectivity index (χ1) is 12.7. The molecule has 4 rings (SSSR count). The quantitative estimate of drug-likeness (QED) is 0.584. The Morgan fingerprint density at radius 1 is 0.962 bits per heavy atom. The lowest BCUT2D eigenvalue weighted by Crippen LogP contribution is -2.35. The van der Waals surface area contributed by atoms with Gasteiger partial charge >= 0.3 is 0 Å². The number of benzene rings is 2. The summed E-state index contributed by atoms with van der Waals surface area (Å²) < 4.78 is 23.6. The van der Waals surface area contributed by atoms with Crippen LogP contribution in [-0.2, 0) is 20.8 Å². The summed E-state index contributed by atoms with van der Waals surface area (Å²) in [5.41, 5.74) is 1.14. The maximum atomic E-state index is 10.7. The maximum absolute atomic E-state index is 10.7. The summed E-state index contributed by atoms with van der Waals surface area (Å²) in [6, 6.07) is 16.0. The highest BCUT2D eigenvalue weighted by Gasteiger charge is 2.49. The van der Waals surface area contributed by atoms with Gasteiger partial charge in [-0.2, -0.15) is 0 Å². The molecule has 2 fully saturated rings. The van der Waals surface area contributed by atoms with Crippen molar-refractivity contribution in [3.63, 3.8) is 0 Å². The van der Waals surface area contributed by atoms with Crippen molar-refractivity contribution in [2.75, 3.05) is 13.2 Å². The normalized spacial score (nSPS) is 27.2. The summed E-state index contributed by atoms with van der Waals surface area (Å²) in [7, 11) is 0. The number of ether oxygens (including phenoxy) is 4. The van der Waals surface area contributed by atoms with Crippen molar-refractivity contribution in [1.82, 2.24) is 0 Å². The molecule has 0 aromatic heterocycles. The average molecular weight is 357 g/mol. The number of hydrogen-bond donors (Lipinski definition) is 0. The molecule has 4 atom stereocenters. The highest BCUT2D eigenvalue weighted by molar-refractivity contribution is 5.36. The predicted molar refractivity (Wildman–Crippen MR) is 92.0 cm³/mol. The Morgan fingerprint density at radius 2 is 1.62 bits per heavy atom. The Morgan fingerprint density at radius 3 is 2.31 bits per heavy atom. The van der Waals surface area contributed by atoms with Crippen molar-refractivity contribution in [3.8, 4) is 5.75 Å². The molecule has 2 heterocycles. The van der Waals surface area contributed by atoms with Crippen LogP contribution in [0.5, 0.6) is 5.75 Å². The van der Waals surface area contributed by atoms with Crippen LogP contribution < -0.4 is 4.74 Å². The van der Waals surface area contributed by atoms with Crippen LogP contribution in [0, 0.1) is 10.1 Å². The highest BCUT2D eigenvalue weighted by atomic mass is 16.6. The van der Waals surface area contributed by atoms with Gasteiger partial charge in [-0.25, -0.2) is 0 Å². The zero-order valence-corrected chi connectivity index (χ0v) is 14.0. The number of hydrogen-bond acceptors (Lipinski definition) is 6. The van der Waals surface area contributed by atoms with E-state index in [9.17, 15) is 10.1 Å². The minimum Gasteiger partial charge on any atom is -0.485 e. The van der Waals surface area contributed by atoms with Gasteiger partial charge in [0.2, 0.25) is 0 Å². The minimum absolute atomic E-state index is 0.0318. The summed E-state index contributed by atoms with van der Waals surface area (Å²) >= 11 is 0. The van der Waals surface area contributed by atoms with Gasteiger partial charge in [0.15, 0.2) is 6.10 Å². The van der Waals surface area contributed by atoms with Gasteiger partial charge in [-0.3, -0.25) is 10.1 Å². The standard InChI is InChI=1S/C19H19NO6/c21-20(22)14-6-8-15(9-7-14)26-17-12-25-18-16(11-24-19(17)18)23-10-13-4-2-1-3-5-13/h1-9,16-19H,10-12H2/t16-,17-,18-,19-/m1/s1. The SMILES string of the molecule is O=[N+]([O-])c1ccc(O[C@@H]2CO[C@H]3[C@@H]2OC[C@H]3OCc2ccccc2)cc1. The molecule has 2 saturated heterocycles. The third kappa shape index (κ3) is 3.55. The highest BCUT2D eigenvalue weighted by Crippen LogP contribution is 2.32. The van der Waals surface area contributed by atoms with Crippen LogP contribution in [-0.4, -0.2) is 42.6 Å². The van der Waals surface area contributed by atoms with Crippen LogP contribution in [0.4, 0.5) is 5.69 Å². The molecule has 0 saturated carbocycles. The van der Waals surface area contributed by atoms with Crippen LogP contribution in [0.1, 0.15) is 5.56 Å². The molecular formula is C19H19NO6. The fourth-order valence-corrected chi connectivity index (χ4v) is 3.27. The lowest BCUT2D eigenvalue weighted by molar-refractivity contribution is -0.384. The zero-order chi connectivity index (χ0) is 17.9. The summed E-state index contributed by atoms with van der Waals surface area (Å²) in [4.78, 5) is 10.3. The van der Waals surface area contributed by atoms with E-state index in [1.165, 1.54) is 12.1 Å². The molecule has 2 aliphatic heterocycles. The van der Waals surface area contributed by atoms with E-state index in [2.05, 4.69) is 0 Å². The molecule has 26 heavy (non-hydrogen) atoms. The van der Waals surface area contributed by atoms with Gasteiger partial charge < -0.3 is 18.9 Å². The molecule has 0 amide bonds. The summed E-state index contributed by atoms with van der Waals surface area (Å²) in [5, 5.41) is 10.7. The fraction of sp³-hybridized carbons (Fsp3) is 0.368. The molecule has 0 aliphatic carbocycles. The second kappa shape index (κ2) is 7.41.